The SMILES string of the molecule is CC(N)CCCN.O=C(O)O. The fourth-order valence-electron chi connectivity index (χ4n) is 0.440. The molecule has 0 aromatic rings. The highest BCUT2D eigenvalue weighted by Gasteiger charge is 1.88. The molecule has 0 saturated heterocycles. The molecule has 0 aromatic carbocycles. The van der Waals surface area contributed by atoms with Gasteiger partial charge >= 0.3 is 6.16 Å². The first kappa shape index (κ1) is 12.8. The predicted molar refractivity (Wildman–Crippen MR) is 42.6 cm³/mol. The minimum absolute atomic E-state index is 0.323. The molecule has 1 unspecified atom stereocenters. The van der Waals surface area contributed by atoms with Crippen LogP contribution >= 0.6 is 0 Å². The fourth-order valence-corrected chi connectivity index (χ4v) is 0.440. The largest absolute Gasteiger partial charge is 0.503 e. The van der Waals surface area contributed by atoms with Crippen LogP contribution in [0.3, 0.4) is 0 Å². The molecule has 0 saturated carbocycles. The van der Waals surface area contributed by atoms with Gasteiger partial charge in [0.05, 0.1) is 0 Å². The molecule has 5 nitrogen and oxygen atoms in total. The lowest BCUT2D eigenvalue weighted by molar-refractivity contribution is 0.137. The minimum Gasteiger partial charge on any atom is -0.450 e. The fraction of sp³-hybridized carbons (Fsp3) is 0.833. The molecule has 1 atom stereocenters. The van der Waals surface area contributed by atoms with Crippen LogP contribution in [-0.2, 0) is 0 Å². The standard InChI is InChI=1S/C5H14N2.CH2O3/c1-5(7)3-2-4-6;2-1(3)4/h5H,2-4,6-7H2,1H3;(H2,2,3,4). The molecular formula is C6H16N2O3. The Kier molecular flexibility index (Phi) is 10.7. The highest BCUT2D eigenvalue weighted by atomic mass is 16.6. The van der Waals surface area contributed by atoms with E-state index in [0.717, 1.165) is 19.4 Å². The summed E-state index contributed by atoms with van der Waals surface area (Å²) in [7, 11) is 0. The molecule has 0 spiro atoms. The van der Waals surface area contributed by atoms with E-state index >= 15 is 0 Å². The zero-order chi connectivity index (χ0) is 9.28. The molecule has 0 aliphatic heterocycles. The van der Waals surface area contributed by atoms with Gasteiger partial charge < -0.3 is 21.7 Å². The summed E-state index contributed by atoms with van der Waals surface area (Å²) in [6, 6.07) is 0.323. The second-order valence-electron chi connectivity index (χ2n) is 2.19. The summed E-state index contributed by atoms with van der Waals surface area (Å²) in [5.41, 5.74) is 10.6. The summed E-state index contributed by atoms with van der Waals surface area (Å²) in [5.74, 6) is 0. The highest BCUT2D eigenvalue weighted by Crippen LogP contribution is 1.88. The Labute approximate surface area is 66.0 Å². The number of carboxylic acid groups (broad SMARTS) is 2. The van der Waals surface area contributed by atoms with Gasteiger partial charge in [0.25, 0.3) is 0 Å². The van der Waals surface area contributed by atoms with E-state index in [0.29, 0.717) is 6.04 Å². The van der Waals surface area contributed by atoms with Gasteiger partial charge in [0.2, 0.25) is 0 Å². The lowest BCUT2D eigenvalue weighted by Gasteiger charge is -1.99. The predicted octanol–water partition coefficient (Wildman–Crippen LogP) is 0.295. The van der Waals surface area contributed by atoms with E-state index in [9.17, 15) is 0 Å². The van der Waals surface area contributed by atoms with E-state index in [1.54, 1.807) is 0 Å². The Bertz CT molecular complexity index is 91.8. The lowest BCUT2D eigenvalue weighted by atomic mass is 10.2. The maximum Gasteiger partial charge on any atom is 0.503 e. The van der Waals surface area contributed by atoms with Gasteiger partial charge in [0, 0.05) is 6.04 Å². The molecule has 0 aliphatic carbocycles. The molecule has 0 aliphatic rings. The second kappa shape index (κ2) is 9.19. The van der Waals surface area contributed by atoms with Crippen molar-refractivity contribution < 1.29 is 15.0 Å². The number of hydrogen-bond acceptors (Lipinski definition) is 3. The van der Waals surface area contributed by atoms with Gasteiger partial charge in [-0.25, -0.2) is 4.79 Å². The Morgan fingerprint density at radius 1 is 1.55 bits per heavy atom. The van der Waals surface area contributed by atoms with Crippen molar-refractivity contribution in [1.29, 1.82) is 0 Å². The quantitative estimate of drug-likeness (QED) is 0.479. The van der Waals surface area contributed by atoms with E-state index in [1.807, 2.05) is 6.92 Å². The Morgan fingerprint density at radius 3 is 2.00 bits per heavy atom. The van der Waals surface area contributed by atoms with Crippen molar-refractivity contribution in [3.05, 3.63) is 0 Å². The van der Waals surface area contributed by atoms with Crippen LogP contribution in [0.15, 0.2) is 0 Å². The van der Waals surface area contributed by atoms with E-state index in [-0.39, 0.29) is 0 Å². The van der Waals surface area contributed by atoms with Crippen LogP contribution in [0.2, 0.25) is 0 Å². The first-order valence-corrected chi connectivity index (χ1v) is 3.38. The first-order chi connectivity index (χ1) is 5.00. The van der Waals surface area contributed by atoms with Crippen molar-refractivity contribution in [1.82, 2.24) is 0 Å². The van der Waals surface area contributed by atoms with Crippen molar-refractivity contribution in [3.63, 3.8) is 0 Å². The van der Waals surface area contributed by atoms with Gasteiger partial charge in [-0.05, 0) is 26.3 Å². The summed E-state index contributed by atoms with van der Waals surface area (Å²) in [5, 5.41) is 13.9. The maximum atomic E-state index is 8.56. The van der Waals surface area contributed by atoms with Crippen LogP contribution in [0.1, 0.15) is 19.8 Å². The number of rotatable bonds is 3. The van der Waals surface area contributed by atoms with Crippen LogP contribution in [0.4, 0.5) is 4.79 Å². The summed E-state index contributed by atoms with van der Waals surface area (Å²) in [6.45, 7) is 2.76. The van der Waals surface area contributed by atoms with Crippen molar-refractivity contribution in [2.75, 3.05) is 6.54 Å². The van der Waals surface area contributed by atoms with Crippen molar-refractivity contribution in [2.24, 2.45) is 11.5 Å². The van der Waals surface area contributed by atoms with E-state index in [4.69, 9.17) is 26.5 Å². The van der Waals surface area contributed by atoms with Crippen LogP contribution in [0, 0.1) is 0 Å². The Morgan fingerprint density at radius 2 is 1.91 bits per heavy atom. The summed E-state index contributed by atoms with van der Waals surface area (Å²) < 4.78 is 0. The van der Waals surface area contributed by atoms with Crippen LogP contribution in [0.5, 0.6) is 0 Å². The molecule has 0 heterocycles. The molecule has 5 heteroatoms. The minimum atomic E-state index is -1.83. The van der Waals surface area contributed by atoms with Gasteiger partial charge in [0.15, 0.2) is 0 Å². The molecule has 0 rings (SSSR count). The number of nitrogens with two attached hydrogens (primary N) is 2. The monoisotopic (exact) mass is 164 g/mol. The Balaban J connectivity index is 0. The molecule has 0 bridgehead atoms. The van der Waals surface area contributed by atoms with E-state index < -0.39 is 6.16 Å². The topological polar surface area (TPSA) is 110 Å². The lowest BCUT2D eigenvalue weighted by Crippen LogP contribution is -2.16. The number of carbonyl (C=O) groups is 1. The third kappa shape index (κ3) is 46.7. The average Bonchev–Trinajstić information content (AvgIpc) is 1.82. The molecular weight excluding hydrogens is 148 g/mol. The maximum absolute atomic E-state index is 8.56. The summed E-state index contributed by atoms with van der Waals surface area (Å²) in [6.07, 6.45) is 0.272. The average molecular weight is 164 g/mol. The van der Waals surface area contributed by atoms with Gasteiger partial charge in [-0.3, -0.25) is 0 Å². The van der Waals surface area contributed by atoms with Crippen molar-refractivity contribution in [3.8, 4) is 0 Å². The summed E-state index contributed by atoms with van der Waals surface area (Å²) in [4.78, 5) is 8.56. The van der Waals surface area contributed by atoms with Crippen LogP contribution < -0.4 is 11.5 Å². The van der Waals surface area contributed by atoms with Gasteiger partial charge in [-0.15, -0.1) is 0 Å². The van der Waals surface area contributed by atoms with Gasteiger partial charge in [-0.1, -0.05) is 0 Å². The molecule has 0 fully saturated rings. The second-order valence-corrected chi connectivity index (χ2v) is 2.19. The third-order valence-corrected chi connectivity index (χ3v) is 0.864. The molecule has 6 N–H and O–H groups in total. The summed E-state index contributed by atoms with van der Waals surface area (Å²) >= 11 is 0. The van der Waals surface area contributed by atoms with Crippen molar-refractivity contribution in [2.45, 2.75) is 25.8 Å². The smallest absolute Gasteiger partial charge is 0.450 e. The highest BCUT2D eigenvalue weighted by molar-refractivity contribution is 5.53. The van der Waals surface area contributed by atoms with Crippen LogP contribution in [0.25, 0.3) is 0 Å². The normalized spacial score (nSPS) is 11.2. The zero-order valence-electron chi connectivity index (χ0n) is 6.66. The first-order valence-electron chi connectivity index (χ1n) is 3.38. The van der Waals surface area contributed by atoms with Crippen LogP contribution in [-0.4, -0.2) is 29.0 Å². The molecule has 0 amide bonds. The number of hydrogen-bond donors (Lipinski definition) is 4. The molecule has 11 heavy (non-hydrogen) atoms. The molecule has 68 valence electrons. The van der Waals surface area contributed by atoms with E-state index in [1.165, 1.54) is 0 Å². The molecule has 0 radical (unpaired) electrons. The third-order valence-electron chi connectivity index (χ3n) is 0.864. The van der Waals surface area contributed by atoms with Gasteiger partial charge in [-0.2, -0.15) is 0 Å². The zero-order valence-corrected chi connectivity index (χ0v) is 6.66. The van der Waals surface area contributed by atoms with Crippen molar-refractivity contribution >= 4 is 6.16 Å². The van der Waals surface area contributed by atoms with E-state index in [2.05, 4.69) is 0 Å². The Hall–Kier alpha value is -0.810. The molecule has 0 aromatic heterocycles. The van der Waals surface area contributed by atoms with Gasteiger partial charge in [0.1, 0.15) is 0 Å².